The molecule has 4 aromatic rings. The van der Waals surface area contributed by atoms with Crippen molar-refractivity contribution in [3.63, 3.8) is 0 Å². The first kappa shape index (κ1) is 25.8. The number of imidazole rings is 1. The smallest absolute Gasteiger partial charge is 0.240 e. The van der Waals surface area contributed by atoms with Crippen LogP contribution in [0.5, 0.6) is 0 Å². The number of fused-ring (bicyclic) bond motifs is 1. The number of quaternary nitrogens is 1. The zero-order valence-electron chi connectivity index (χ0n) is 18.4. The van der Waals surface area contributed by atoms with Crippen LogP contribution in [0.4, 0.5) is 0 Å². The molecule has 0 aliphatic rings. The van der Waals surface area contributed by atoms with Crippen LogP contribution >= 0.6 is 0 Å². The summed E-state index contributed by atoms with van der Waals surface area (Å²) in [6, 6.07) is 6.26. The lowest BCUT2D eigenvalue weighted by atomic mass is 9.98. The van der Waals surface area contributed by atoms with Gasteiger partial charge in [0.1, 0.15) is 10.9 Å². The quantitative estimate of drug-likeness (QED) is 0.194. The van der Waals surface area contributed by atoms with Gasteiger partial charge in [-0.3, -0.25) is 0 Å². The van der Waals surface area contributed by atoms with E-state index in [2.05, 4.69) is 30.6 Å². The summed E-state index contributed by atoms with van der Waals surface area (Å²) in [7, 11) is -8.89. The van der Waals surface area contributed by atoms with Crippen molar-refractivity contribution in [3.05, 3.63) is 36.2 Å². The van der Waals surface area contributed by atoms with E-state index in [4.69, 9.17) is 10.9 Å². The van der Waals surface area contributed by atoms with E-state index in [9.17, 15) is 26.7 Å². The van der Waals surface area contributed by atoms with Gasteiger partial charge in [0.25, 0.3) is 0 Å². The Morgan fingerprint density at radius 3 is 2.43 bits per heavy atom. The summed E-state index contributed by atoms with van der Waals surface area (Å²) >= 11 is 0. The molecule has 4 rings (SSSR count). The van der Waals surface area contributed by atoms with Gasteiger partial charge in [0.05, 0.1) is 27.2 Å². The number of carbonyl (C=O) groups is 1. The number of benzene rings is 2. The number of tetrazole rings is 1. The minimum absolute atomic E-state index is 0. The molecule has 0 bridgehead atoms. The monoisotopic (exact) mass is 523 g/mol. The molecule has 0 saturated heterocycles. The number of nitrogens with zero attached hydrogens (tertiary/aromatic N) is 4. The number of carboxylic acids is 1. The molecule has 10 N–H and O–H groups in total. The summed E-state index contributed by atoms with van der Waals surface area (Å²) < 4.78 is 51.5. The van der Waals surface area contributed by atoms with Crippen molar-refractivity contribution in [2.45, 2.75) is 22.8 Å². The van der Waals surface area contributed by atoms with Gasteiger partial charge >= 0.3 is 0 Å². The van der Waals surface area contributed by atoms with Crippen LogP contribution in [0.25, 0.3) is 33.5 Å². The molecule has 0 saturated carbocycles. The van der Waals surface area contributed by atoms with Gasteiger partial charge in [-0.15, -0.1) is 10.2 Å². The third-order valence-electron chi connectivity index (χ3n) is 4.79. The molecule has 35 heavy (non-hydrogen) atoms. The zero-order valence-corrected chi connectivity index (χ0v) is 20.0. The Balaban J connectivity index is 0.00000342. The van der Waals surface area contributed by atoms with Crippen molar-refractivity contribution in [1.82, 2.24) is 36.7 Å². The summed E-state index contributed by atoms with van der Waals surface area (Å²) in [5, 5.41) is 30.0. The first-order valence-electron chi connectivity index (χ1n) is 9.52. The minimum Gasteiger partial charge on any atom is -0.542 e. The standard InChI is InChI=1S/C18H18N8O6S2.H3N/c1-8(19)7-33(29,30)12-6-5-9(13(15(12)34(20,31)32)16-23-25-26-24-16)10-3-2-4-11-14(10)22-17(21-11)18(27)28;/h2-6,8H,7,19H2,1H3,(H,21,22)(H,27,28)(H2,20,31,32)(H,23,24,25,26);1H3/t8-;/m1./s1. The van der Waals surface area contributed by atoms with E-state index in [1.165, 1.54) is 19.1 Å². The molecule has 0 aliphatic heterocycles. The Hall–Kier alpha value is -3.77. The van der Waals surface area contributed by atoms with E-state index in [1.807, 2.05) is 0 Å². The summed E-state index contributed by atoms with van der Waals surface area (Å²) in [5.41, 5.74) is 6.22. The average molecular weight is 524 g/mol. The largest absolute Gasteiger partial charge is 0.542 e. The number of nitrogens with two attached hydrogens (primary N) is 2. The number of aromatic carboxylic acids is 1. The molecule has 0 unspecified atom stereocenters. The van der Waals surface area contributed by atoms with Gasteiger partial charge in [-0.1, -0.05) is 18.2 Å². The predicted octanol–water partition coefficient (Wildman–Crippen LogP) is -1.08. The SMILES string of the molecule is C[C@@H](N)CS(=O)(=O)c1ccc(-c2cccc3[nH]c(C(=O)[O-])nc23)c(-c2nn[nH]n2)c1S(N)(=O)=O.[NH4+]. The van der Waals surface area contributed by atoms with Crippen LogP contribution in [0.1, 0.15) is 17.5 Å². The summed E-state index contributed by atoms with van der Waals surface area (Å²) in [5.74, 6) is -2.82. The highest BCUT2D eigenvalue weighted by atomic mass is 32.2. The molecule has 17 heteroatoms. The number of carbonyl (C=O) groups excluding carboxylic acids is 1. The number of carboxylic acid groups (broad SMARTS) is 1. The Kier molecular flexibility index (Phi) is 6.73. The number of sulfonamides is 1. The molecular formula is C18H21N9O6S2. The fraction of sp³-hybridized carbons (Fsp3) is 0.167. The number of H-pyrrole nitrogens is 2. The first-order valence-corrected chi connectivity index (χ1v) is 12.7. The van der Waals surface area contributed by atoms with Crippen molar-refractivity contribution >= 4 is 36.9 Å². The lowest BCUT2D eigenvalue weighted by molar-refractivity contribution is -0.255. The van der Waals surface area contributed by atoms with Gasteiger partial charge in [-0.2, -0.15) is 5.21 Å². The number of para-hydroxylation sites is 1. The van der Waals surface area contributed by atoms with Gasteiger partial charge in [-0.05, 0) is 29.8 Å². The van der Waals surface area contributed by atoms with Gasteiger partial charge < -0.3 is 26.8 Å². The highest BCUT2D eigenvalue weighted by Crippen LogP contribution is 2.40. The number of rotatable bonds is 7. The number of sulfone groups is 1. The lowest BCUT2D eigenvalue weighted by Gasteiger charge is -2.17. The van der Waals surface area contributed by atoms with E-state index in [-0.39, 0.29) is 34.2 Å². The van der Waals surface area contributed by atoms with Crippen LogP contribution in [-0.2, 0) is 19.9 Å². The van der Waals surface area contributed by atoms with Crippen molar-refractivity contribution in [1.29, 1.82) is 0 Å². The fourth-order valence-electron chi connectivity index (χ4n) is 3.59. The number of nitrogens with one attached hydrogen (secondary N) is 2. The van der Waals surface area contributed by atoms with Crippen molar-refractivity contribution in [3.8, 4) is 22.5 Å². The summed E-state index contributed by atoms with van der Waals surface area (Å²) in [6.45, 7) is 1.45. The third kappa shape index (κ3) is 4.75. The second-order valence-corrected chi connectivity index (χ2v) is 10.9. The van der Waals surface area contributed by atoms with E-state index in [1.54, 1.807) is 12.1 Å². The fourth-order valence-corrected chi connectivity index (χ4v) is 6.68. The number of aromatic nitrogens is 6. The van der Waals surface area contributed by atoms with Crippen LogP contribution in [0.15, 0.2) is 40.1 Å². The predicted molar refractivity (Wildman–Crippen MR) is 122 cm³/mol. The maximum absolute atomic E-state index is 13.0. The Bertz CT molecular complexity index is 1630. The number of hydrogen-bond acceptors (Lipinski definition) is 11. The second kappa shape index (κ2) is 9.12. The normalized spacial score (nSPS) is 12.9. The Morgan fingerprint density at radius 2 is 1.86 bits per heavy atom. The van der Waals surface area contributed by atoms with Gasteiger partial charge in [-0.25, -0.2) is 27.0 Å². The summed E-state index contributed by atoms with van der Waals surface area (Å²) in [4.78, 5) is 16.6. The molecule has 2 aromatic carbocycles. The van der Waals surface area contributed by atoms with Crippen LogP contribution in [0.2, 0.25) is 0 Å². The minimum atomic E-state index is -4.68. The number of hydrogen-bond donors (Lipinski definition) is 5. The van der Waals surface area contributed by atoms with Crippen LogP contribution in [0, 0.1) is 0 Å². The van der Waals surface area contributed by atoms with Gasteiger partial charge in [0, 0.05) is 11.6 Å². The number of aromatic amines is 2. The zero-order chi connectivity index (χ0) is 24.8. The van der Waals surface area contributed by atoms with Crippen molar-refractivity contribution in [2.24, 2.45) is 10.9 Å². The highest BCUT2D eigenvalue weighted by Gasteiger charge is 2.33. The summed E-state index contributed by atoms with van der Waals surface area (Å²) in [6.07, 6.45) is 0. The molecule has 2 aromatic heterocycles. The molecule has 0 fully saturated rings. The third-order valence-corrected chi connectivity index (χ3v) is 7.89. The maximum atomic E-state index is 13.0. The van der Waals surface area contributed by atoms with E-state index < -0.39 is 53.2 Å². The van der Waals surface area contributed by atoms with E-state index >= 15 is 0 Å². The van der Waals surface area contributed by atoms with Crippen LogP contribution < -0.4 is 22.1 Å². The Morgan fingerprint density at radius 1 is 1.14 bits per heavy atom. The molecule has 0 aliphatic carbocycles. The number of primary sulfonamides is 1. The van der Waals surface area contributed by atoms with Gasteiger partial charge in [0.15, 0.2) is 15.7 Å². The van der Waals surface area contributed by atoms with E-state index in [0.29, 0.717) is 5.52 Å². The van der Waals surface area contributed by atoms with Crippen LogP contribution in [0.3, 0.4) is 0 Å². The molecular weight excluding hydrogens is 502 g/mol. The molecule has 2 heterocycles. The molecule has 0 spiro atoms. The second-order valence-electron chi connectivity index (χ2n) is 7.43. The Labute approximate surface area is 198 Å². The lowest BCUT2D eigenvalue weighted by Crippen LogP contribution is -2.28. The first-order chi connectivity index (χ1) is 15.9. The molecule has 15 nitrogen and oxygen atoms in total. The molecule has 0 amide bonds. The molecule has 1 atom stereocenters. The van der Waals surface area contributed by atoms with Gasteiger partial charge in [0.2, 0.25) is 15.8 Å². The molecule has 186 valence electrons. The van der Waals surface area contributed by atoms with E-state index in [0.717, 1.165) is 6.07 Å². The van der Waals surface area contributed by atoms with Crippen LogP contribution in [-0.4, -0.2) is 65.2 Å². The molecule has 0 radical (unpaired) electrons. The topological polar surface area (TPSA) is 280 Å². The van der Waals surface area contributed by atoms with Crippen molar-refractivity contribution < 1.29 is 26.7 Å². The maximum Gasteiger partial charge on any atom is 0.240 e. The highest BCUT2D eigenvalue weighted by molar-refractivity contribution is 7.93. The average Bonchev–Trinajstić information content (AvgIpc) is 3.40. The van der Waals surface area contributed by atoms with Crippen molar-refractivity contribution in [2.75, 3.05) is 5.75 Å².